The van der Waals surface area contributed by atoms with E-state index in [1.807, 2.05) is 0 Å². The number of piperazine rings is 1. The van der Waals surface area contributed by atoms with Gasteiger partial charge in [-0.05, 0) is 17.0 Å². The molecule has 3 rings (SSSR count). The Labute approximate surface area is 140 Å². The van der Waals surface area contributed by atoms with Crippen LogP contribution in [0.3, 0.4) is 0 Å². The summed E-state index contributed by atoms with van der Waals surface area (Å²) < 4.78 is 0. The van der Waals surface area contributed by atoms with Crippen molar-refractivity contribution in [1.82, 2.24) is 9.80 Å². The van der Waals surface area contributed by atoms with E-state index in [0.717, 1.165) is 25.6 Å². The van der Waals surface area contributed by atoms with E-state index in [2.05, 4.69) is 84.3 Å². The minimum atomic E-state index is 0.490. The molecular weight excluding hydrogens is 280 g/mol. The predicted molar refractivity (Wildman–Crippen MR) is 97.3 cm³/mol. The van der Waals surface area contributed by atoms with Crippen molar-refractivity contribution >= 4 is 0 Å². The molecule has 1 unspecified atom stereocenters. The molecule has 122 valence electrons. The van der Waals surface area contributed by atoms with E-state index < -0.39 is 0 Å². The molecule has 0 saturated carbocycles. The largest absolute Gasteiger partial charge is 0.300 e. The molecule has 1 aliphatic rings. The smallest absolute Gasteiger partial charge is 0.0479 e. The van der Waals surface area contributed by atoms with Gasteiger partial charge < -0.3 is 0 Å². The second-order valence-electron chi connectivity index (χ2n) is 7.04. The first-order valence-electron chi connectivity index (χ1n) is 8.77. The van der Waals surface area contributed by atoms with Crippen molar-refractivity contribution in [2.75, 3.05) is 26.2 Å². The first kappa shape index (κ1) is 16.2. The highest BCUT2D eigenvalue weighted by Gasteiger charge is 2.28. The lowest BCUT2D eigenvalue weighted by atomic mass is 10.0. The zero-order valence-electron chi connectivity index (χ0n) is 14.4. The SMILES string of the molecule is CC(C)CN1CCN(Cc2ccccc2)C(c2ccccc2)C1. The Morgan fingerprint density at radius 1 is 0.913 bits per heavy atom. The Hall–Kier alpha value is -1.64. The van der Waals surface area contributed by atoms with Gasteiger partial charge in [0.1, 0.15) is 0 Å². The summed E-state index contributed by atoms with van der Waals surface area (Å²) in [6.45, 7) is 10.3. The normalized spacial score (nSPS) is 20.0. The van der Waals surface area contributed by atoms with Crippen LogP contribution in [0, 0.1) is 5.92 Å². The van der Waals surface area contributed by atoms with E-state index >= 15 is 0 Å². The third kappa shape index (κ3) is 4.43. The van der Waals surface area contributed by atoms with Gasteiger partial charge in [-0.3, -0.25) is 9.80 Å². The van der Waals surface area contributed by atoms with Gasteiger partial charge in [-0.1, -0.05) is 74.5 Å². The van der Waals surface area contributed by atoms with Gasteiger partial charge >= 0.3 is 0 Å². The number of rotatable bonds is 5. The summed E-state index contributed by atoms with van der Waals surface area (Å²) in [7, 11) is 0. The summed E-state index contributed by atoms with van der Waals surface area (Å²) >= 11 is 0. The molecule has 2 aromatic rings. The lowest BCUT2D eigenvalue weighted by Gasteiger charge is -2.42. The summed E-state index contributed by atoms with van der Waals surface area (Å²) in [5, 5.41) is 0. The van der Waals surface area contributed by atoms with E-state index in [0.29, 0.717) is 6.04 Å². The molecule has 1 heterocycles. The van der Waals surface area contributed by atoms with Crippen molar-refractivity contribution in [2.24, 2.45) is 5.92 Å². The average molecular weight is 308 g/mol. The second kappa shape index (κ2) is 7.76. The summed E-state index contributed by atoms with van der Waals surface area (Å²) in [5.41, 5.74) is 2.85. The number of benzene rings is 2. The highest BCUT2D eigenvalue weighted by Crippen LogP contribution is 2.27. The van der Waals surface area contributed by atoms with Crippen molar-refractivity contribution in [3.05, 3.63) is 71.8 Å². The number of hydrogen-bond donors (Lipinski definition) is 0. The van der Waals surface area contributed by atoms with Crippen LogP contribution in [0.5, 0.6) is 0 Å². The van der Waals surface area contributed by atoms with Crippen LogP contribution in [-0.2, 0) is 6.54 Å². The molecule has 23 heavy (non-hydrogen) atoms. The molecule has 0 N–H and O–H groups in total. The van der Waals surface area contributed by atoms with Gasteiger partial charge in [-0.15, -0.1) is 0 Å². The highest BCUT2D eigenvalue weighted by atomic mass is 15.3. The quantitative estimate of drug-likeness (QED) is 0.817. The van der Waals surface area contributed by atoms with Crippen LogP contribution in [0.4, 0.5) is 0 Å². The summed E-state index contributed by atoms with van der Waals surface area (Å²) in [4.78, 5) is 5.27. The Morgan fingerprint density at radius 2 is 1.57 bits per heavy atom. The third-order valence-electron chi connectivity index (χ3n) is 4.61. The van der Waals surface area contributed by atoms with Gasteiger partial charge in [0.15, 0.2) is 0 Å². The first-order chi connectivity index (χ1) is 11.2. The topological polar surface area (TPSA) is 6.48 Å². The zero-order valence-corrected chi connectivity index (χ0v) is 14.4. The molecular formula is C21H28N2. The van der Waals surface area contributed by atoms with Crippen LogP contribution in [0.25, 0.3) is 0 Å². The van der Waals surface area contributed by atoms with Gasteiger partial charge in [0.25, 0.3) is 0 Å². The summed E-state index contributed by atoms with van der Waals surface area (Å²) in [6.07, 6.45) is 0. The molecule has 2 aromatic carbocycles. The molecule has 1 fully saturated rings. The van der Waals surface area contributed by atoms with Gasteiger partial charge in [0.2, 0.25) is 0 Å². The number of hydrogen-bond acceptors (Lipinski definition) is 2. The Kier molecular flexibility index (Phi) is 5.47. The monoisotopic (exact) mass is 308 g/mol. The van der Waals surface area contributed by atoms with Crippen LogP contribution in [0.2, 0.25) is 0 Å². The molecule has 0 aromatic heterocycles. The minimum Gasteiger partial charge on any atom is -0.300 e. The van der Waals surface area contributed by atoms with E-state index in [-0.39, 0.29) is 0 Å². The highest BCUT2D eigenvalue weighted by molar-refractivity contribution is 5.21. The van der Waals surface area contributed by atoms with Crippen LogP contribution in [0.15, 0.2) is 60.7 Å². The Morgan fingerprint density at radius 3 is 2.22 bits per heavy atom. The molecule has 1 aliphatic heterocycles. The maximum atomic E-state index is 2.64. The molecule has 2 heteroatoms. The van der Waals surface area contributed by atoms with Crippen LogP contribution >= 0.6 is 0 Å². The molecule has 0 spiro atoms. The van der Waals surface area contributed by atoms with Gasteiger partial charge in [0.05, 0.1) is 0 Å². The van der Waals surface area contributed by atoms with E-state index in [4.69, 9.17) is 0 Å². The van der Waals surface area contributed by atoms with E-state index in [1.165, 1.54) is 24.2 Å². The lowest BCUT2D eigenvalue weighted by molar-refractivity contribution is 0.0614. The van der Waals surface area contributed by atoms with Crippen molar-refractivity contribution in [3.8, 4) is 0 Å². The maximum absolute atomic E-state index is 2.64. The van der Waals surface area contributed by atoms with Gasteiger partial charge in [0, 0.05) is 38.8 Å². The standard InChI is InChI=1S/C21H28N2/c1-18(2)15-22-13-14-23(16-19-9-5-3-6-10-19)21(17-22)20-11-7-4-8-12-20/h3-12,18,21H,13-17H2,1-2H3. The molecule has 2 nitrogen and oxygen atoms in total. The van der Waals surface area contributed by atoms with Crippen molar-refractivity contribution in [3.63, 3.8) is 0 Å². The molecule has 0 amide bonds. The summed E-state index contributed by atoms with van der Waals surface area (Å²) in [5.74, 6) is 0.729. The fraction of sp³-hybridized carbons (Fsp3) is 0.429. The first-order valence-corrected chi connectivity index (χ1v) is 8.77. The Balaban J connectivity index is 1.77. The maximum Gasteiger partial charge on any atom is 0.0479 e. The van der Waals surface area contributed by atoms with Crippen LogP contribution < -0.4 is 0 Å². The van der Waals surface area contributed by atoms with Gasteiger partial charge in [-0.2, -0.15) is 0 Å². The third-order valence-corrected chi connectivity index (χ3v) is 4.61. The lowest BCUT2D eigenvalue weighted by Crippen LogP contribution is -2.48. The van der Waals surface area contributed by atoms with Crippen molar-refractivity contribution in [1.29, 1.82) is 0 Å². The molecule has 1 saturated heterocycles. The van der Waals surface area contributed by atoms with Crippen LogP contribution in [-0.4, -0.2) is 36.0 Å². The predicted octanol–water partition coefficient (Wildman–Crippen LogP) is 4.20. The minimum absolute atomic E-state index is 0.490. The second-order valence-corrected chi connectivity index (χ2v) is 7.04. The molecule has 0 radical (unpaired) electrons. The molecule has 0 bridgehead atoms. The molecule has 1 atom stereocenters. The zero-order chi connectivity index (χ0) is 16.1. The van der Waals surface area contributed by atoms with Crippen molar-refractivity contribution < 1.29 is 0 Å². The average Bonchev–Trinajstić information content (AvgIpc) is 2.57. The van der Waals surface area contributed by atoms with Crippen molar-refractivity contribution in [2.45, 2.75) is 26.4 Å². The number of nitrogens with zero attached hydrogens (tertiary/aromatic N) is 2. The van der Waals surface area contributed by atoms with E-state index in [9.17, 15) is 0 Å². The fourth-order valence-electron chi connectivity index (χ4n) is 3.56. The van der Waals surface area contributed by atoms with E-state index in [1.54, 1.807) is 0 Å². The summed E-state index contributed by atoms with van der Waals surface area (Å²) in [6, 6.07) is 22.3. The molecule has 0 aliphatic carbocycles. The van der Waals surface area contributed by atoms with Gasteiger partial charge in [-0.25, -0.2) is 0 Å². The van der Waals surface area contributed by atoms with Crippen LogP contribution in [0.1, 0.15) is 31.0 Å². The Bertz CT molecular complexity index is 579. The fourth-order valence-corrected chi connectivity index (χ4v) is 3.56.